The third-order valence-corrected chi connectivity index (χ3v) is 5.65. The Kier molecular flexibility index (Phi) is 6.60. The molecule has 0 saturated carbocycles. The van der Waals surface area contributed by atoms with Crippen LogP contribution in [-0.2, 0) is 5.41 Å². The van der Waals surface area contributed by atoms with Gasteiger partial charge in [-0.25, -0.2) is 0 Å². The van der Waals surface area contributed by atoms with E-state index in [1.54, 1.807) is 0 Å². The van der Waals surface area contributed by atoms with Crippen molar-refractivity contribution in [2.75, 3.05) is 10.7 Å². The van der Waals surface area contributed by atoms with Gasteiger partial charge in [0, 0.05) is 20.5 Å². The second kappa shape index (κ2) is 7.17. The molecule has 0 N–H and O–H groups in total. The van der Waals surface area contributed by atoms with E-state index in [1.165, 1.54) is 24.8 Å². The van der Waals surface area contributed by atoms with Crippen LogP contribution in [0.15, 0.2) is 28.7 Å². The summed E-state index contributed by atoms with van der Waals surface area (Å²) in [6, 6.07) is 8.70. The predicted octanol–water partition coefficient (Wildman–Crippen LogP) is 5.67. The molecular weight excluding hydrogens is 396 g/mol. The van der Waals surface area contributed by atoms with Crippen LogP contribution in [0.3, 0.4) is 0 Å². The van der Waals surface area contributed by atoms with Crippen molar-refractivity contribution in [1.82, 2.24) is 0 Å². The van der Waals surface area contributed by atoms with Crippen molar-refractivity contribution in [3.8, 4) is 0 Å². The Morgan fingerprint density at radius 3 is 2.06 bits per heavy atom. The fraction of sp³-hybridized carbons (Fsp3) is 0.538. The average molecular weight is 413 g/mol. The smallest absolute Gasteiger partial charge is 0.0175 e. The second-order valence-electron chi connectivity index (χ2n) is 4.16. The van der Waals surface area contributed by atoms with Gasteiger partial charge in [0.1, 0.15) is 0 Å². The van der Waals surface area contributed by atoms with E-state index in [0.717, 1.165) is 15.1 Å². The Labute approximate surface area is 124 Å². The molecule has 16 heavy (non-hydrogen) atoms. The van der Waals surface area contributed by atoms with Gasteiger partial charge in [-0.1, -0.05) is 79.7 Å². The maximum absolute atomic E-state index is 3.68. The maximum atomic E-state index is 3.68. The minimum absolute atomic E-state index is 0.233. The highest BCUT2D eigenvalue weighted by Gasteiger charge is 2.29. The zero-order valence-corrected chi connectivity index (χ0v) is 14.2. The zero-order chi connectivity index (χ0) is 12.0. The van der Waals surface area contributed by atoms with Crippen LogP contribution in [0.25, 0.3) is 0 Å². The Hall–Kier alpha value is 0.660. The predicted molar refractivity (Wildman–Crippen MR) is 82.9 cm³/mol. The van der Waals surface area contributed by atoms with Gasteiger partial charge in [0.15, 0.2) is 0 Å². The molecule has 90 valence electrons. The van der Waals surface area contributed by atoms with E-state index in [1.807, 2.05) is 0 Å². The highest BCUT2D eigenvalue weighted by Crippen LogP contribution is 2.34. The lowest BCUT2D eigenvalue weighted by atomic mass is 9.80. The van der Waals surface area contributed by atoms with Crippen LogP contribution in [0.2, 0.25) is 0 Å². The first kappa shape index (κ1) is 14.7. The van der Waals surface area contributed by atoms with Crippen molar-refractivity contribution in [2.24, 2.45) is 0 Å². The summed E-state index contributed by atoms with van der Waals surface area (Å²) in [6.07, 6.45) is 3.74. The van der Waals surface area contributed by atoms with Gasteiger partial charge < -0.3 is 0 Å². The second-order valence-corrected chi connectivity index (χ2v) is 6.20. The molecule has 0 nitrogen and oxygen atoms in total. The minimum atomic E-state index is 0.233. The molecule has 1 aromatic rings. The molecule has 0 aliphatic carbocycles. The largest absolute Gasteiger partial charge is 0.0918 e. The number of hydrogen-bond acceptors (Lipinski definition) is 0. The highest BCUT2D eigenvalue weighted by molar-refractivity contribution is 9.10. The van der Waals surface area contributed by atoms with Gasteiger partial charge in [0.05, 0.1) is 0 Å². The molecule has 0 aliphatic heterocycles. The fourth-order valence-electron chi connectivity index (χ4n) is 1.79. The lowest BCUT2D eigenvalue weighted by Crippen LogP contribution is -2.30. The normalized spacial score (nSPS) is 11.8. The molecular formula is C13H17Br3. The number of hydrogen-bond donors (Lipinski definition) is 0. The van der Waals surface area contributed by atoms with Gasteiger partial charge in [-0.05, 0) is 24.1 Å². The zero-order valence-electron chi connectivity index (χ0n) is 9.48. The first-order valence-electron chi connectivity index (χ1n) is 5.56. The monoisotopic (exact) mass is 410 g/mol. The van der Waals surface area contributed by atoms with E-state index in [2.05, 4.69) is 79.0 Å². The molecule has 0 bridgehead atoms. The lowest BCUT2D eigenvalue weighted by molar-refractivity contribution is 0.480. The summed E-state index contributed by atoms with van der Waals surface area (Å²) in [5.41, 5.74) is 1.65. The quantitative estimate of drug-likeness (QED) is 0.528. The van der Waals surface area contributed by atoms with Crippen molar-refractivity contribution < 1.29 is 0 Å². The van der Waals surface area contributed by atoms with Crippen LogP contribution in [0.5, 0.6) is 0 Å². The highest BCUT2D eigenvalue weighted by atomic mass is 79.9. The molecule has 0 saturated heterocycles. The first-order valence-corrected chi connectivity index (χ1v) is 8.60. The summed E-state index contributed by atoms with van der Waals surface area (Å²) in [5, 5.41) is 2.01. The number of alkyl halides is 2. The van der Waals surface area contributed by atoms with Gasteiger partial charge in [-0.2, -0.15) is 0 Å². The Morgan fingerprint density at radius 1 is 1.06 bits per heavy atom. The van der Waals surface area contributed by atoms with Gasteiger partial charge in [0.25, 0.3) is 0 Å². The summed E-state index contributed by atoms with van der Waals surface area (Å²) in [5.74, 6) is 0. The van der Waals surface area contributed by atoms with Crippen LogP contribution in [0.4, 0.5) is 0 Å². The molecule has 0 amide bonds. The Bertz CT molecular complexity index is 301. The SMILES string of the molecule is CCCCC(CBr)(CBr)c1ccc(Br)cc1. The van der Waals surface area contributed by atoms with Crippen LogP contribution in [0, 0.1) is 0 Å². The van der Waals surface area contributed by atoms with Crippen LogP contribution < -0.4 is 0 Å². The van der Waals surface area contributed by atoms with Crippen molar-refractivity contribution in [3.63, 3.8) is 0 Å². The third-order valence-electron chi connectivity index (χ3n) is 2.98. The topological polar surface area (TPSA) is 0 Å². The molecule has 0 atom stereocenters. The third kappa shape index (κ3) is 3.58. The number of benzene rings is 1. The van der Waals surface area contributed by atoms with E-state index in [4.69, 9.17) is 0 Å². The summed E-state index contributed by atoms with van der Waals surface area (Å²) in [6.45, 7) is 2.24. The fourth-order valence-corrected chi connectivity index (χ4v) is 4.19. The Morgan fingerprint density at radius 2 is 1.62 bits per heavy atom. The van der Waals surface area contributed by atoms with Crippen molar-refractivity contribution >= 4 is 47.8 Å². The van der Waals surface area contributed by atoms with E-state index >= 15 is 0 Å². The van der Waals surface area contributed by atoms with Gasteiger partial charge in [0.2, 0.25) is 0 Å². The summed E-state index contributed by atoms with van der Waals surface area (Å²) < 4.78 is 1.14. The molecule has 3 heteroatoms. The average Bonchev–Trinajstić information content (AvgIpc) is 2.33. The molecule has 0 aromatic heterocycles. The molecule has 0 heterocycles. The Balaban J connectivity index is 2.95. The molecule has 0 aliphatic rings. The molecule has 1 aromatic carbocycles. The summed E-state index contributed by atoms with van der Waals surface area (Å²) in [4.78, 5) is 0. The molecule has 0 radical (unpaired) electrons. The number of unbranched alkanes of at least 4 members (excludes halogenated alkanes) is 1. The van der Waals surface area contributed by atoms with Crippen molar-refractivity contribution in [3.05, 3.63) is 34.3 Å². The number of halogens is 3. The summed E-state index contributed by atoms with van der Waals surface area (Å²) >= 11 is 10.8. The molecule has 0 spiro atoms. The lowest BCUT2D eigenvalue weighted by Gasteiger charge is -2.30. The van der Waals surface area contributed by atoms with Crippen LogP contribution in [0.1, 0.15) is 31.7 Å². The van der Waals surface area contributed by atoms with Gasteiger partial charge in [-0.3, -0.25) is 0 Å². The van der Waals surface area contributed by atoms with E-state index < -0.39 is 0 Å². The van der Waals surface area contributed by atoms with Crippen molar-refractivity contribution in [2.45, 2.75) is 31.6 Å². The van der Waals surface area contributed by atoms with Gasteiger partial charge in [-0.15, -0.1) is 0 Å². The minimum Gasteiger partial charge on any atom is -0.0918 e. The number of rotatable bonds is 6. The molecule has 1 rings (SSSR count). The standard InChI is InChI=1S/C13H17Br3/c1-2-3-8-13(9-14,10-15)11-4-6-12(16)7-5-11/h4-7H,2-3,8-10H2,1H3. The maximum Gasteiger partial charge on any atom is 0.0175 e. The summed E-state index contributed by atoms with van der Waals surface area (Å²) in [7, 11) is 0. The first-order chi connectivity index (χ1) is 7.68. The van der Waals surface area contributed by atoms with E-state index in [-0.39, 0.29) is 5.41 Å². The van der Waals surface area contributed by atoms with Crippen LogP contribution >= 0.6 is 47.8 Å². The van der Waals surface area contributed by atoms with E-state index in [0.29, 0.717) is 0 Å². The molecule has 0 unspecified atom stereocenters. The van der Waals surface area contributed by atoms with E-state index in [9.17, 15) is 0 Å². The molecule has 0 fully saturated rings. The van der Waals surface area contributed by atoms with Crippen LogP contribution in [-0.4, -0.2) is 10.7 Å². The van der Waals surface area contributed by atoms with Gasteiger partial charge >= 0.3 is 0 Å². The van der Waals surface area contributed by atoms with Crippen molar-refractivity contribution in [1.29, 1.82) is 0 Å².